The Hall–Kier alpha value is -1.42. The van der Waals surface area contributed by atoms with Gasteiger partial charge in [-0.2, -0.15) is 0 Å². The largest absolute Gasteiger partial charge is 0.465 e. The van der Waals surface area contributed by atoms with Crippen molar-refractivity contribution in [2.45, 2.75) is 6.42 Å². The molecule has 0 unspecified atom stereocenters. The van der Waals surface area contributed by atoms with E-state index >= 15 is 0 Å². The van der Waals surface area contributed by atoms with Crippen molar-refractivity contribution >= 4 is 28.9 Å². The van der Waals surface area contributed by atoms with Crippen LogP contribution in [-0.2, 0) is 11.2 Å². The highest BCUT2D eigenvalue weighted by molar-refractivity contribution is 7.80. The Bertz CT molecular complexity index is 442. The third kappa shape index (κ3) is 1.61. The van der Waals surface area contributed by atoms with Crippen LogP contribution in [0.25, 0.3) is 0 Å². The van der Waals surface area contributed by atoms with Crippen molar-refractivity contribution in [3.05, 3.63) is 29.3 Å². The summed E-state index contributed by atoms with van der Waals surface area (Å²) in [6.07, 6.45) is 0.728. The summed E-state index contributed by atoms with van der Waals surface area (Å²) in [4.78, 5) is 14.2. The van der Waals surface area contributed by atoms with Gasteiger partial charge in [0.05, 0.1) is 17.7 Å². The Morgan fingerprint density at radius 2 is 2.27 bits per heavy atom. The second-order valence-corrected chi connectivity index (χ2v) is 3.94. The lowest BCUT2D eigenvalue weighted by Gasteiger charge is -2.11. The highest BCUT2D eigenvalue weighted by Crippen LogP contribution is 2.29. The van der Waals surface area contributed by atoms with E-state index in [4.69, 9.17) is 12.2 Å². The summed E-state index contributed by atoms with van der Waals surface area (Å²) in [5.41, 5.74) is 2.74. The van der Waals surface area contributed by atoms with Gasteiger partial charge in [0.15, 0.2) is 0 Å². The Balaban J connectivity index is 2.42. The van der Waals surface area contributed by atoms with Gasteiger partial charge >= 0.3 is 5.97 Å². The summed E-state index contributed by atoms with van der Waals surface area (Å²) in [6, 6.07) is 5.51. The van der Waals surface area contributed by atoms with Gasteiger partial charge in [0.2, 0.25) is 0 Å². The molecule has 0 spiro atoms. The number of hydrogen-bond acceptors (Lipinski definition) is 3. The minimum atomic E-state index is -0.307. The lowest BCUT2D eigenvalue weighted by atomic mass is 10.1. The molecule has 0 aromatic heterocycles. The smallest absolute Gasteiger partial charge is 0.337 e. The van der Waals surface area contributed by atoms with Crippen LogP contribution in [0.15, 0.2) is 18.2 Å². The molecule has 2 rings (SSSR count). The Morgan fingerprint density at radius 3 is 2.93 bits per heavy atom. The van der Waals surface area contributed by atoms with Crippen LogP contribution in [0.4, 0.5) is 5.69 Å². The van der Waals surface area contributed by atoms with Gasteiger partial charge < -0.3 is 9.64 Å². The van der Waals surface area contributed by atoms with E-state index in [0.717, 1.165) is 22.7 Å². The molecule has 0 aliphatic carbocycles. The van der Waals surface area contributed by atoms with Crippen molar-refractivity contribution in [2.24, 2.45) is 0 Å². The van der Waals surface area contributed by atoms with Gasteiger partial charge in [0.25, 0.3) is 0 Å². The SMILES string of the molecule is COC(=O)c1ccc2c(c1)CC(=S)N2C. The fourth-order valence-electron chi connectivity index (χ4n) is 1.71. The number of carbonyl (C=O) groups is 1. The number of rotatable bonds is 1. The number of hydrogen-bond donors (Lipinski definition) is 0. The van der Waals surface area contributed by atoms with E-state index in [2.05, 4.69) is 4.74 Å². The molecule has 4 heteroatoms. The maximum Gasteiger partial charge on any atom is 0.337 e. The van der Waals surface area contributed by atoms with E-state index in [9.17, 15) is 4.79 Å². The molecule has 0 amide bonds. The molecule has 1 aliphatic heterocycles. The van der Waals surface area contributed by atoms with E-state index in [0.29, 0.717) is 5.56 Å². The van der Waals surface area contributed by atoms with Crippen LogP contribution in [-0.4, -0.2) is 25.1 Å². The predicted octanol–water partition coefficient (Wildman–Crippen LogP) is 1.79. The molecule has 1 aromatic rings. The molecule has 0 saturated heterocycles. The van der Waals surface area contributed by atoms with Crippen LogP contribution in [0.1, 0.15) is 15.9 Å². The first-order valence-corrected chi connectivity index (χ1v) is 5.02. The first-order valence-electron chi connectivity index (χ1n) is 4.61. The van der Waals surface area contributed by atoms with Gasteiger partial charge in [-0.05, 0) is 23.8 Å². The first-order chi connectivity index (χ1) is 7.13. The minimum Gasteiger partial charge on any atom is -0.465 e. The van der Waals surface area contributed by atoms with Crippen molar-refractivity contribution in [3.63, 3.8) is 0 Å². The summed E-state index contributed by atoms with van der Waals surface area (Å²) < 4.78 is 4.66. The summed E-state index contributed by atoms with van der Waals surface area (Å²) in [7, 11) is 3.32. The summed E-state index contributed by atoms with van der Waals surface area (Å²) in [6.45, 7) is 0. The van der Waals surface area contributed by atoms with Crippen molar-refractivity contribution < 1.29 is 9.53 Å². The van der Waals surface area contributed by atoms with Crippen molar-refractivity contribution in [1.82, 2.24) is 0 Å². The molecule has 3 nitrogen and oxygen atoms in total. The summed E-state index contributed by atoms with van der Waals surface area (Å²) in [5.74, 6) is -0.307. The summed E-state index contributed by atoms with van der Waals surface area (Å²) in [5, 5.41) is 0. The molecule has 0 fully saturated rings. The van der Waals surface area contributed by atoms with Gasteiger partial charge in [-0.1, -0.05) is 12.2 Å². The standard InChI is InChI=1S/C11H11NO2S/c1-12-9-4-3-7(11(13)14-2)5-8(9)6-10(12)15/h3-5H,6H2,1-2H3. The fraction of sp³-hybridized carbons (Fsp3) is 0.273. The predicted molar refractivity (Wildman–Crippen MR) is 62.5 cm³/mol. The number of nitrogens with zero attached hydrogens (tertiary/aromatic N) is 1. The first kappa shape index (κ1) is 10.1. The van der Waals surface area contributed by atoms with E-state index in [1.165, 1.54) is 7.11 Å². The molecule has 1 aliphatic rings. The Kier molecular flexibility index (Phi) is 2.44. The number of carbonyl (C=O) groups excluding carboxylic acids is 1. The molecule has 0 radical (unpaired) electrons. The Labute approximate surface area is 93.6 Å². The summed E-state index contributed by atoms with van der Waals surface area (Å²) >= 11 is 5.19. The third-order valence-electron chi connectivity index (χ3n) is 2.58. The number of esters is 1. The molecule has 15 heavy (non-hydrogen) atoms. The van der Waals surface area contributed by atoms with Crippen molar-refractivity contribution in [2.75, 3.05) is 19.1 Å². The Morgan fingerprint density at radius 1 is 1.53 bits per heavy atom. The van der Waals surface area contributed by atoms with Crippen molar-refractivity contribution in [3.8, 4) is 0 Å². The van der Waals surface area contributed by atoms with Crippen LogP contribution in [0.3, 0.4) is 0 Å². The van der Waals surface area contributed by atoms with Gasteiger partial charge in [-0.25, -0.2) is 4.79 Å². The average molecular weight is 221 g/mol. The van der Waals surface area contributed by atoms with Gasteiger partial charge in [-0.15, -0.1) is 0 Å². The maximum atomic E-state index is 11.3. The number of likely N-dealkylation sites (N-methyl/N-ethyl adjacent to an activating group) is 1. The molecule has 1 aromatic carbocycles. The van der Waals surface area contributed by atoms with Crippen LogP contribution in [0, 0.1) is 0 Å². The second-order valence-electron chi connectivity index (χ2n) is 3.46. The molecular weight excluding hydrogens is 210 g/mol. The minimum absolute atomic E-state index is 0.307. The van der Waals surface area contributed by atoms with Crippen LogP contribution < -0.4 is 4.90 Å². The maximum absolute atomic E-state index is 11.3. The molecule has 1 heterocycles. The van der Waals surface area contributed by atoms with Crippen LogP contribution >= 0.6 is 12.2 Å². The van der Waals surface area contributed by atoms with Gasteiger partial charge in [0, 0.05) is 19.2 Å². The number of methoxy groups -OCH3 is 1. The zero-order valence-electron chi connectivity index (χ0n) is 8.61. The fourth-order valence-corrected chi connectivity index (χ4v) is 1.97. The number of anilines is 1. The van der Waals surface area contributed by atoms with E-state index in [1.54, 1.807) is 6.07 Å². The van der Waals surface area contributed by atoms with E-state index in [1.807, 2.05) is 24.1 Å². The molecule has 0 bridgehead atoms. The highest BCUT2D eigenvalue weighted by atomic mass is 32.1. The zero-order chi connectivity index (χ0) is 11.0. The molecule has 78 valence electrons. The average Bonchev–Trinajstić information content (AvgIpc) is 2.53. The number of benzene rings is 1. The monoisotopic (exact) mass is 221 g/mol. The number of thiocarbonyl (C=S) groups is 1. The van der Waals surface area contributed by atoms with Crippen LogP contribution in [0.2, 0.25) is 0 Å². The van der Waals surface area contributed by atoms with Gasteiger partial charge in [0.1, 0.15) is 0 Å². The molecule has 0 atom stereocenters. The van der Waals surface area contributed by atoms with E-state index in [-0.39, 0.29) is 5.97 Å². The normalized spacial score (nSPS) is 14.0. The van der Waals surface area contributed by atoms with Crippen molar-refractivity contribution in [1.29, 1.82) is 0 Å². The third-order valence-corrected chi connectivity index (χ3v) is 3.00. The van der Waals surface area contributed by atoms with Gasteiger partial charge in [-0.3, -0.25) is 0 Å². The number of fused-ring (bicyclic) bond motifs is 1. The lowest BCUT2D eigenvalue weighted by Crippen LogP contribution is -2.18. The molecule has 0 N–H and O–H groups in total. The molecule has 0 saturated carbocycles. The highest BCUT2D eigenvalue weighted by Gasteiger charge is 2.21. The quantitative estimate of drug-likeness (QED) is 0.534. The number of ether oxygens (including phenoxy) is 1. The second kappa shape index (κ2) is 3.62. The van der Waals surface area contributed by atoms with Crippen LogP contribution in [0.5, 0.6) is 0 Å². The topological polar surface area (TPSA) is 29.5 Å². The van der Waals surface area contributed by atoms with E-state index < -0.39 is 0 Å². The lowest BCUT2D eigenvalue weighted by molar-refractivity contribution is 0.0600. The molecular formula is C11H11NO2S. The zero-order valence-corrected chi connectivity index (χ0v) is 9.43.